The van der Waals surface area contributed by atoms with Crippen LogP contribution in [-0.2, 0) is 35.8 Å². The maximum absolute atomic E-state index is 13.2. The highest BCUT2D eigenvalue weighted by Crippen LogP contribution is 2.36. The highest BCUT2D eigenvalue weighted by Gasteiger charge is 2.52. The zero-order valence-corrected chi connectivity index (χ0v) is 30.4. The summed E-state index contributed by atoms with van der Waals surface area (Å²) >= 11 is 0. The van der Waals surface area contributed by atoms with Gasteiger partial charge in [-0.25, -0.2) is 36.3 Å². The number of halogens is 6. The fraction of sp³-hybridized carbons (Fsp3) is 0.344. The summed E-state index contributed by atoms with van der Waals surface area (Å²) in [5.41, 5.74) is -11.2. The van der Waals surface area contributed by atoms with Crippen molar-refractivity contribution in [3.05, 3.63) is 72.4 Å². The van der Waals surface area contributed by atoms with E-state index in [9.17, 15) is 62.4 Å². The van der Waals surface area contributed by atoms with Crippen LogP contribution in [0.3, 0.4) is 0 Å². The van der Waals surface area contributed by atoms with E-state index < -0.39 is 69.9 Å². The zero-order chi connectivity index (χ0) is 40.6. The van der Waals surface area contributed by atoms with Crippen molar-refractivity contribution < 1.29 is 62.4 Å². The molecule has 2 saturated heterocycles. The van der Waals surface area contributed by atoms with Crippen LogP contribution in [0.4, 0.5) is 53.1 Å². The first-order valence-electron chi connectivity index (χ1n) is 15.7. The van der Waals surface area contributed by atoms with Crippen molar-refractivity contribution in [2.45, 2.75) is 60.6 Å². The second kappa shape index (κ2) is 14.9. The molecule has 2 aliphatic heterocycles. The lowest BCUT2D eigenvalue weighted by molar-refractivity contribution is -0.123. The van der Waals surface area contributed by atoms with Crippen molar-refractivity contribution in [1.82, 2.24) is 15.2 Å². The molecule has 2 aliphatic rings. The number of hydrogen-bond acceptors (Lipinski definition) is 10. The average Bonchev–Trinajstić information content (AvgIpc) is 3.51. The fourth-order valence-corrected chi connectivity index (χ4v) is 6.81. The van der Waals surface area contributed by atoms with Crippen LogP contribution < -0.4 is 20.0 Å². The van der Waals surface area contributed by atoms with Crippen LogP contribution in [0.25, 0.3) is 0 Å². The molecule has 0 aliphatic carbocycles. The van der Waals surface area contributed by atoms with E-state index in [1.165, 1.54) is 4.90 Å². The summed E-state index contributed by atoms with van der Waals surface area (Å²) in [5, 5.41) is 1.98. The summed E-state index contributed by atoms with van der Waals surface area (Å²) in [6.07, 6.45) is 1.62. The highest BCUT2D eigenvalue weighted by atomic mass is 32.2. The molecule has 5 rings (SSSR count). The van der Waals surface area contributed by atoms with Crippen LogP contribution in [-0.4, -0.2) is 86.8 Å². The van der Waals surface area contributed by atoms with E-state index in [1.807, 2.05) is 30.1 Å². The number of amides is 6. The molecule has 0 spiro atoms. The molecule has 54 heavy (non-hydrogen) atoms. The Balaban J connectivity index is 0.000000276. The zero-order valence-electron chi connectivity index (χ0n) is 28.8. The number of aromatic nitrogens is 1. The Kier molecular flexibility index (Phi) is 11.4. The van der Waals surface area contributed by atoms with E-state index in [1.54, 1.807) is 26.1 Å². The van der Waals surface area contributed by atoms with Crippen molar-refractivity contribution in [2.75, 3.05) is 34.3 Å². The van der Waals surface area contributed by atoms with E-state index in [2.05, 4.69) is 4.98 Å². The third kappa shape index (κ3) is 7.98. The Morgan fingerprint density at radius 3 is 1.69 bits per heavy atom. The van der Waals surface area contributed by atoms with Crippen molar-refractivity contribution in [1.29, 1.82) is 0 Å². The number of carbonyl (C=O) groups is 4. The standard InChI is InChI=1S/C22H25F3N4O4S.C10H7F3N2O4S/c1-5-27(6-2)18-13-15(11-12-26-18)14-28-20(31)29(19(30)21(28,3)4)16-7-9-17(10-8-16)34(32,33)22(23,24)25;11-10(12,13)20(18,19)7-3-1-6(2-4-7)15-5-8(16)14-9(15)17/h7-13H,5-6,14H2,1-4H3;1-4H,5H2,(H,14,16,17). The van der Waals surface area contributed by atoms with E-state index >= 15 is 0 Å². The fourth-order valence-electron chi connectivity index (χ4n) is 5.29. The van der Waals surface area contributed by atoms with Gasteiger partial charge in [-0.1, -0.05) is 0 Å². The van der Waals surface area contributed by atoms with Gasteiger partial charge in [0.25, 0.3) is 25.6 Å². The highest BCUT2D eigenvalue weighted by molar-refractivity contribution is 7.92. The largest absolute Gasteiger partial charge is 0.501 e. The smallest absolute Gasteiger partial charge is 0.357 e. The van der Waals surface area contributed by atoms with E-state index in [0.717, 1.165) is 82.8 Å². The number of imide groups is 2. The molecule has 14 nitrogen and oxygen atoms in total. The molecular formula is C32H32F6N6O8S2. The summed E-state index contributed by atoms with van der Waals surface area (Å²) in [4.78, 5) is 56.3. The summed E-state index contributed by atoms with van der Waals surface area (Å²) in [7, 11) is -11.0. The SMILES string of the molecule is CCN(CC)c1cc(CN2C(=O)N(c3ccc(S(=O)(=O)C(F)(F)F)cc3)C(=O)C2(C)C)ccn1.O=C1CN(c2ccc(S(=O)(=O)C(F)(F)F)cc2)C(=O)N1. The van der Waals surface area contributed by atoms with Crippen LogP contribution >= 0.6 is 0 Å². The van der Waals surface area contributed by atoms with Crippen LogP contribution in [0.5, 0.6) is 0 Å². The first-order chi connectivity index (χ1) is 24.9. The minimum atomic E-state index is -5.54. The Hall–Kier alpha value is -5.25. The lowest BCUT2D eigenvalue weighted by Gasteiger charge is -2.28. The summed E-state index contributed by atoms with van der Waals surface area (Å²) in [5.74, 6) is -0.402. The maximum Gasteiger partial charge on any atom is 0.501 e. The van der Waals surface area contributed by atoms with Crippen molar-refractivity contribution in [2.24, 2.45) is 0 Å². The van der Waals surface area contributed by atoms with Crippen LogP contribution in [0, 0.1) is 0 Å². The molecule has 22 heteroatoms. The number of nitrogens with one attached hydrogen (secondary N) is 1. The molecule has 3 heterocycles. The van der Waals surface area contributed by atoms with Gasteiger partial charge in [0.1, 0.15) is 17.9 Å². The van der Waals surface area contributed by atoms with E-state index in [4.69, 9.17) is 0 Å². The number of carbonyl (C=O) groups excluding carboxylic acids is 4. The number of pyridine rings is 1. The molecule has 2 aromatic carbocycles. The van der Waals surface area contributed by atoms with Crippen LogP contribution in [0.1, 0.15) is 33.3 Å². The average molecular weight is 807 g/mol. The summed E-state index contributed by atoms with van der Waals surface area (Å²) in [6.45, 7) is 8.44. The van der Waals surface area contributed by atoms with Crippen LogP contribution in [0.2, 0.25) is 0 Å². The predicted octanol–water partition coefficient (Wildman–Crippen LogP) is 5.01. The third-order valence-corrected chi connectivity index (χ3v) is 11.3. The van der Waals surface area contributed by atoms with Gasteiger partial charge in [0.15, 0.2) is 0 Å². The summed E-state index contributed by atoms with van der Waals surface area (Å²) in [6, 6.07) is 9.18. The van der Waals surface area contributed by atoms with Gasteiger partial charge < -0.3 is 9.80 Å². The first kappa shape index (κ1) is 41.5. The molecule has 292 valence electrons. The normalized spacial score (nSPS) is 16.4. The minimum Gasteiger partial charge on any atom is -0.357 e. The molecule has 3 aromatic rings. The van der Waals surface area contributed by atoms with Gasteiger partial charge in [0.2, 0.25) is 5.91 Å². The van der Waals surface area contributed by atoms with E-state index in [-0.39, 0.29) is 24.5 Å². The Labute approximate surface area is 305 Å². The topological polar surface area (TPSA) is 174 Å². The summed E-state index contributed by atoms with van der Waals surface area (Å²) < 4.78 is 121. The number of anilines is 3. The number of urea groups is 2. The molecule has 0 saturated carbocycles. The van der Waals surface area contributed by atoms with Gasteiger partial charge in [0, 0.05) is 31.5 Å². The molecule has 0 atom stereocenters. The quantitative estimate of drug-likeness (QED) is 0.229. The van der Waals surface area contributed by atoms with Gasteiger partial charge in [-0.05, 0) is 93.9 Å². The van der Waals surface area contributed by atoms with Gasteiger partial charge in [-0.15, -0.1) is 0 Å². The van der Waals surface area contributed by atoms with Gasteiger partial charge in [-0.3, -0.25) is 19.8 Å². The molecule has 1 N–H and O–H groups in total. The Bertz CT molecular complexity index is 2160. The van der Waals surface area contributed by atoms with E-state index in [0.29, 0.717) is 0 Å². The maximum atomic E-state index is 13.2. The molecule has 0 unspecified atom stereocenters. The molecule has 0 bridgehead atoms. The minimum absolute atomic E-state index is 0.0229. The first-order valence-corrected chi connectivity index (χ1v) is 18.6. The number of benzene rings is 2. The molecular weight excluding hydrogens is 775 g/mol. The Morgan fingerprint density at radius 1 is 0.778 bits per heavy atom. The predicted molar refractivity (Wildman–Crippen MR) is 181 cm³/mol. The van der Waals surface area contributed by atoms with Crippen LogP contribution in [0.15, 0.2) is 76.7 Å². The molecule has 2 fully saturated rings. The van der Waals surface area contributed by atoms with Gasteiger partial charge >= 0.3 is 23.1 Å². The lowest BCUT2D eigenvalue weighted by atomic mass is 10.0. The lowest BCUT2D eigenvalue weighted by Crippen LogP contribution is -2.43. The number of sulfone groups is 2. The number of nitrogens with zero attached hydrogens (tertiary/aromatic N) is 5. The van der Waals surface area contributed by atoms with Gasteiger partial charge in [0.05, 0.1) is 15.5 Å². The van der Waals surface area contributed by atoms with Gasteiger partial charge in [-0.2, -0.15) is 26.3 Å². The molecule has 1 aromatic heterocycles. The van der Waals surface area contributed by atoms with Crippen molar-refractivity contribution >= 4 is 60.7 Å². The number of alkyl halides is 6. The number of hydrogen-bond donors (Lipinski definition) is 1. The monoisotopic (exact) mass is 806 g/mol. The number of rotatable bonds is 9. The second-order valence-electron chi connectivity index (χ2n) is 12.1. The molecule has 0 radical (unpaired) electrons. The van der Waals surface area contributed by atoms with Crippen molar-refractivity contribution in [3.8, 4) is 0 Å². The molecule has 6 amide bonds. The second-order valence-corrected chi connectivity index (χ2v) is 16.0. The Morgan fingerprint density at radius 2 is 1.26 bits per heavy atom. The third-order valence-electron chi connectivity index (χ3n) is 8.33. The van der Waals surface area contributed by atoms with Crippen molar-refractivity contribution in [3.63, 3.8) is 0 Å².